The largest absolute Gasteiger partial charge is 0.353 e. The Morgan fingerprint density at radius 2 is 2.00 bits per heavy atom. The van der Waals surface area contributed by atoms with Crippen molar-refractivity contribution in [1.29, 1.82) is 0 Å². The second-order valence-corrected chi connectivity index (χ2v) is 5.14. The van der Waals surface area contributed by atoms with Gasteiger partial charge in [0.05, 0.1) is 0 Å². The molecule has 0 bridgehead atoms. The molecule has 1 aliphatic heterocycles. The number of aromatic nitrogens is 1. The predicted molar refractivity (Wildman–Crippen MR) is 81.4 cm³/mol. The van der Waals surface area contributed by atoms with Crippen LogP contribution in [0.15, 0.2) is 24.4 Å². The molecule has 0 unspecified atom stereocenters. The highest BCUT2D eigenvalue weighted by Gasteiger charge is 2.25. The van der Waals surface area contributed by atoms with E-state index in [-0.39, 0.29) is 0 Å². The number of pyridine rings is 1. The summed E-state index contributed by atoms with van der Waals surface area (Å²) in [5, 5.41) is 2.58. The van der Waals surface area contributed by atoms with E-state index in [2.05, 4.69) is 15.2 Å². The van der Waals surface area contributed by atoms with Gasteiger partial charge in [0.15, 0.2) is 0 Å². The molecule has 1 aliphatic rings. The average Bonchev–Trinajstić information content (AvgIpc) is 2.55. The molecule has 2 rings (SSSR count). The van der Waals surface area contributed by atoms with Crippen molar-refractivity contribution in [3.05, 3.63) is 24.4 Å². The first kappa shape index (κ1) is 15.6. The van der Waals surface area contributed by atoms with Gasteiger partial charge in [0.2, 0.25) is 0 Å². The summed E-state index contributed by atoms with van der Waals surface area (Å²) in [5.41, 5.74) is 0. The molecule has 0 spiro atoms. The summed E-state index contributed by atoms with van der Waals surface area (Å²) in [4.78, 5) is 31.7. The van der Waals surface area contributed by atoms with E-state index >= 15 is 0 Å². The van der Waals surface area contributed by atoms with Crippen LogP contribution in [0, 0.1) is 0 Å². The SMILES string of the molecule is O=C(NCCCCl)C(=O)N1CCN(c2ccccn2)CC1. The lowest BCUT2D eigenvalue weighted by Gasteiger charge is -2.34. The fourth-order valence-corrected chi connectivity index (χ4v) is 2.30. The molecule has 6 nitrogen and oxygen atoms in total. The van der Waals surface area contributed by atoms with Crippen LogP contribution < -0.4 is 10.2 Å². The highest BCUT2D eigenvalue weighted by Crippen LogP contribution is 2.12. The second-order valence-electron chi connectivity index (χ2n) is 4.77. The standard InChI is InChI=1S/C14H19ClN4O2/c15-5-3-7-17-13(20)14(21)19-10-8-18(9-11-19)12-4-1-2-6-16-12/h1-2,4,6H,3,5,7-11H2,(H,17,20). The Kier molecular flexibility index (Phi) is 5.80. The quantitative estimate of drug-likeness (QED) is 0.499. The van der Waals surface area contributed by atoms with Gasteiger partial charge in [-0.05, 0) is 18.6 Å². The van der Waals surface area contributed by atoms with E-state index in [4.69, 9.17) is 11.6 Å². The third kappa shape index (κ3) is 4.32. The molecule has 0 saturated carbocycles. The van der Waals surface area contributed by atoms with E-state index in [0.717, 1.165) is 5.82 Å². The minimum Gasteiger partial charge on any atom is -0.353 e. The van der Waals surface area contributed by atoms with Crippen molar-refractivity contribution < 1.29 is 9.59 Å². The summed E-state index contributed by atoms with van der Waals surface area (Å²) in [5.74, 6) is 0.352. The first-order chi connectivity index (χ1) is 10.2. The van der Waals surface area contributed by atoms with Crippen molar-refractivity contribution in [2.45, 2.75) is 6.42 Å². The zero-order chi connectivity index (χ0) is 15.1. The number of nitrogens with one attached hydrogen (secondary N) is 1. The number of anilines is 1. The topological polar surface area (TPSA) is 65.5 Å². The summed E-state index contributed by atoms with van der Waals surface area (Å²) in [6, 6.07) is 5.75. The van der Waals surface area contributed by atoms with Crippen LogP contribution in [0.5, 0.6) is 0 Å². The summed E-state index contributed by atoms with van der Waals surface area (Å²) in [7, 11) is 0. The van der Waals surface area contributed by atoms with Crippen molar-refractivity contribution in [2.75, 3.05) is 43.5 Å². The zero-order valence-electron chi connectivity index (χ0n) is 11.8. The molecule has 1 aromatic heterocycles. The third-order valence-electron chi connectivity index (χ3n) is 3.33. The van der Waals surface area contributed by atoms with Gasteiger partial charge in [0.25, 0.3) is 0 Å². The van der Waals surface area contributed by atoms with Gasteiger partial charge in [-0.1, -0.05) is 6.07 Å². The van der Waals surface area contributed by atoms with Crippen molar-refractivity contribution in [3.8, 4) is 0 Å². The van der Waals surface area contributed by atoms with Crippen LogP contribution in [-0.2, 0) is 9.59 Å². The van der Waals surface area contributed by atoms with E-state index in [1.165, 1.54) is 0 Å². The molecule has 1 saturated heterocycles. The highest BCUT2D eigenvalue weighted by atomic mass is 35.5. The lowest BCUT2D eigenvalue weighted by molar-refractivity contribution is -0.146. The number of nitrogens with zero attached hydrogens (tertiary/aromatic N) is 3. The lowest BCUT2D eigenvalue weighted by Crippen LogP contribution is -2.53. The van der Waals surface area contributed by atoms with Gasteiger partial charge < -0.3 is 15.1 Å². The van der Waals surface area contributed by atoms with Crippen LogP contribution in [0.3, 0.4) is 0 Å². The van der Waals surface area contributed by atoms with Crippen molar-refractivity contribution in [1.82, 2.24) is 15.2 Å². The number of halogens is 1. The van der Waals surface area contributed by atoms with Crippen LogP contribution >= 0.6 is 11.6 Å². The Hall–Kier alpha value is -1.82. The first-order valence-electron chi connectivity index (χ1n) is 7.01. The van der Waals surface area contributed by atoms with Crippen molar-refractivity contribution >= 4 is 29.2 Å². The van der Waals surface area contributed by atoms with E-state index in [1.807, 2.05) is 18.2 Å². The summed E-state index contributed by atoms with van der Waals surface area (Å²) >= 11 is 5.53. The Morgan fingerprint density at radius 1 is 1.24 bits per heavy atom. The maximum atomic E-state index is 12.0. The molecule has 1 fully saturated rings. The van der Waals surface area contributed by atoms with Gasteiger partial charge in [-0.15, -0.1) is 11.6 Å². The number of hydrogen-bond donors (Lipinski definition) is 1. The van der Waals surface area contributed by atoms with Gasteiger partial charge >= 0.3 is 11.8 Å². The van der Waals surface area contributed by atoms with E-state index in [0.29, 0.717) is 45.0 Å². The molecular formula is C14H19ClN4O2. The van der Waals surface area contributed by atoms with Gasteiger partial charge in [-0.2, -0.15) is 0 Å². The molecule has 21 heavy (non-hydrogen) atoms. The second kappa shape index (κ2) is 7.83. The van der Waals surface area contributed by atoms with Crippen LogP contribution in [0.1, 0.15) is 6.42 Å². The summed E-state index contributed by atoms with van der Waals surface area (Å²) in [6.07, 6.45) is 2.41. The molecule has 0 aromatic carbocycles. The van der Waals surface area contributed by atoms with E-state index < -0.39 is 11.8 Å². The smallest absolute Gasteiger partial charge is 0.312 e. The van der Waals surface area contributed by atoms with Crippen molar-refractivity contribution in [3.63, 3.8) is 0 Å². The Bertz CT molecular complexity index is 475. The molecule has 0 atom stereocenters. The van der Waals surface area contributed by atoms with E-state index in [1.54, 1.807) is 11.1 Å². The van der Waals surface area contributed by atoms with Crippen LogP contribution in [-0.4, -0.2) is 60.3 Å². The monoisotopic (exact) mass is 310 g/mol. The Labute approximate surface area is 129 Å². The minimum atomic E-state index is -0.550. The zero-order valence-corrected chi connectivity index (χ0v) is 12.6. The van der Waals surface area contributed by atoms with Crippen LogP contribution in [0.4, 0.5) is 5.82 Å². The molecule has 2 heterocycles. The molecule has 7 heteroatoms. The molecule has 0 aliphatic carbocycles. The molecular weight excluding hydrogens is 292 g/mol. The number of rotatable bonds is 4. The number of hydrogen-bond acceptors (Lipinski definition) is 4. The van der Waals surface area contributed by atoms with Gasteiger partial charge in [-0.25, -0.2) is 4.98 Å². The van der Waals surface area contributed by atoms with E-state index in [9.17, 15) is 9.59 Å². The van der Waals surface area contributed by atoms with Gasteiger partial charge in [0.1, 0.15) is 5.82 Å². The molecule has 114 valence electrons. The highest BCUT2D eigenvalue weighted by molar-refractivity contribution is 6.35. The number of amides is 2. The maximum absolute atomic E-state index is 12.0. The molecule has 0 radical (unpaired) electrons. The predicted octanol–water partition coefficient (Wildman–Crippen LogP) is 0.475. The lowest BCUT2D eigenvalue weighted by atomic mass is 10.3. The van der Waals surface area contributed by atoms with Crippen molar-refractivity contribution in [2.24, 2.45) is 0 Å². The average molecular weight is 311 g/mol. The minimum absolute atomic E-state index is 0.433. The number of carbonyl (C=O) groups is 2. The fraction of sp³-hybridized carbons (Fsp3) is 0.500. The first-order valence-corrected chi connectivity index (χ1v) is 7.55. The maximum Gasteiger partial charge on any atom is 0.312 e. The normalized spacial score (nSPS) is 14.9. The van der Waals surface area contributed by atoms with Gasteiger partial charge in [0, 0.05) is 44.8 Å². The summed E-state index contributed by atoms with van der Waals surface area (Å²) in [6.45, 7) is 2.84. The number of alkyl halides is 1. The molecule has 1 N–H and O–H groups in total. The molecule has 2 amide bonds. The third-order valence-corrected chi connectivity index (χ3v) is 3.60. The Balaban J connectivity index is 1.80. The Morgan fingerprint density at radius 3 is 2.62 bits per heavy atom. The molecule has 1 aromatic rings. The number of carbonyl (C=O) groups excluding carboxylic acids is 2. The van der Waals surface area contributed by atoms with Crippen LogP contribution in [0.2, 0.25) is 0 Å². The summed E-state index contributed by atoms with van der Waals surface area (Å²) < 4.78 is 0. The van der Waals surface area contributed by atoms with Gasteiger partial charge in [-0.3, -0.25) is 9.59 Å². The fourth-order valence-electron chi connectivity index (χ4n) is 2.17. The number of piperazine rings is 1. The van der Waals surface area contributed by atoms with Crippen LogP contribution in [0.25, 0.3) is 0 Å².